The van der Waals surface area contributed by atoms with Crippen molar-refractivity contribution in [2.24, 2.45) is 5.92 Å². The zero-order chi connectivity index (χ0) is 18.7. The molecule has 0 saturated carbocycles. The number of thiophene rings is 1. The normalized spacial score (nSPS) is 17.0. The van der Waals surface area contributed by atoms with Gasteiger partial charge in [-0.05, 0) is 70.3 Å². The lowest BCUT2D eigenvalue weighted by Gasteiger charge is -2.31. The Kier molecular flexibility index (Phi) is 6.22. The summed E-state index contributed by atoms with van der Waals surface area (Å²) in [7, 11) is -3.37. The standard InChI is InChI=1S/C19H28N2O3S2/c1-4-18-5-6-19(25-18)26(22,23)20-12-16-7-9-21(10-8-16)13-17-11-14(2)24-15(17)3/h5-6,11,16,20H,4,7-10,12-13H2,1-3H3. The molecular formula is C19H28N2O3S2. The number of likely N-dealkylation sites (tertiary alicyclic amines) is 1. The first-order valence-corrected chi connectivity index (χ1v) is 11.5. The van der Waals surface area contributed by atoms with Crippen molar-refractivity contribution in [2.45, 2.75) is 50.8 Å². The number of furan rings is 1. The van der Waals surface area contributed by atoms with Crippen molar-refractivity contribution in [3.63, 3.8) is 0 Å². The van der Waals surface area contributed by atoms with Gasteiger partial charge in [0, 0.05) is 23.5 Å². The molecule has 144 valence electrons. The lowest BCUT2D eigenvalue weighted by atomic mass is 9.97. The first kappa shape index (κ1) is 19.6. The summed E-state index contributed by atoms with van der Waals surface area (Å²) in [5.41, 5.74) is 1.26. The summed E-state index contributed by atoms with van der Waals surface area (Å²) in [6.07, 6.45) is 2.90. The van der Waals surface area contributed by atoms with Crippen LogP contribution >= 0.6 is 11.3 Å². The molecule has 0 radical (unpaired) electrons. The quantitative estimate of drug-likeness (QED) is 0.775. The van der Waals surface area contributed by atoms with Gasteiger partial charge in [0.15, 0.2) is 0 Å². The maximum atomic E-state index is 12.4. The van der Waals surface area contributed by atoms with Crippen LogP contribution in [-0.2, 0) is 23.0 Å². The summed E-state index contributed by atoms with van der Waals surface area (Å²) in [6, 6.07) is 5.72. The Morgan fingerprint density at radius 3 is 2.58 bits per heavy atom. The van der Waals surface area contributed by atoms with Crippen LogP contribution in [0.3, 0.4) is 0 Å². The van der Waals surface area contributed by atoms with Gasteiger partial charge in [-0.2, -0.15) is 0 Å². The average Bonchev–Trinajstić information content (AvgIpc) is 3.21. The van der Waals surface area contributed by atoms with Gasteiger partial charge in [0.1, 0.15) is 15.7 Å². The van der Waals surface area contributed by atoms with E-state index in [4.69, 9.17) is 4.42 Å². The SMILES string of the molecule is CCc1ccc(S(=O)(=O)NCC2CCN(Cc3cc(C)oc3C)CC2)s1. The Morgan fingerprint density at radius 2 is 2.00 bits per heavy atom. The Hall–Kier alpha value is -1.15. The molecule has 1 saturated heterocycles. The maximum absolute atomic E-state index is 12.4. The molecule has 0 unspecified atom stereocenters. The minimum atomic E-state index is -3.37. The highest BCUT2D eigenvalue weighted by Crippen LogP contribution is 2.24. The van der Waals surface area contributed by atoms with Crippen LogP contribution in [0.4, 0.5) is 0 Å². The van der Waals surface area contributed by atoms with Gasteiger partial charge >= 0.3 is 0 Å². The lowest BCUT2D eigenvalue weighted by Crippen LogP contribution is -2.38. The topological polar surface area (TPSA) is 62.6 Å². The molecule has 0 aliphatic carbocycles. The summed E-state index contributed by atoms with van der Waals surface area (Å²) < 4.78 is 33.7. The van der Waals surface area contributed by atoms with Gasteiger partial charge in [-0.25, -0.2) is 13.1 Å². The Labute approximate surface area is 160 Å². The van der Waals surface area contributed by atoms with Gasteiger partial charge in [0.2, 0.25) is 10.0 Å². The molecule has 0 amide bonds. The highest BCUT2D eigenvalue weighted by atomic mass is 32.2. The summed E-state index contributed by atoms with van der Waals surface area (Å²) >= 11 is 1.36. The lowest BCUT2D eigenvalue weighted by molar-refractivity contribution is 0.178. The molecule has 26 heavy (non-hydrogen) atoms. The van der Waals surface area contributed by atoms with Crippen molar-refractivity contribution < 1.29 is 12.8 Å². The van der Waals surface area contributed by atoms with Crippen LogP contribution in [0, 0.1) is 19.8 Å². The smallest absolute Gasteiger partial charge is 0.250 e. The Balaban J connectivity index is 1.47. The first-order valence-electron chi connectivity index (χ1n) is 9.24. The number of sulfonamides is 1. The Morgan fingerprint density at radius 1 is 1.27 bits per heavy atom. The molecule has 0 bridgehead atoms. The van der Waals surface area contributed by atoms with E-state index >= 15 is 0 Å². The van der Waals surface area contributed by atoms with Crippen molar-refractivity contribution in [3.05, 3.63) is 40.2 Å². The molecule has 2 aromatic heterocycles. The van der Waals surface area contributed by atoms with E-state index in [-0.39, 0.29) is 0 Å². The molecule has 3 rings (SSSR count). The van der Waals surface area contributed by atoms with Gasteiger partial charge in [-0.15, -0.1) is 11.3 Å². The third-order valence-corrected chi connectivity index (χ3v) is 8.20. The van der Waals surface area contributed by atoms with E-state index in [2.05, 4.69) is 15.7 Å². The van der Waals surface area contributed by atoms with E-state index in [0.29, 0.717) is 16.7 Å². The van der Waals surface area contributed by atoms with Crippen LogP contribution in [0.25, 0.3) is 0 Å². The summed E-state index contributed by atoms with van der Waals surface area (Å²) in [6.45, 7) is 9.46. The van der Waals surface area contributed by atoms with Gasteiger partial charge in [-0.3, -0.25) is 4.90 Å². The van der Waals surface area contributed by atoms with E-state index in [9.17, 15) is 8.42 Å². The second kappa shape index (κ2) is 8.25. The molecule has 0 atom stereocenters. The van der Waals surface area contributed by atoms with Crippen LogP contribution in [0.5, 0.6) is 0 Å². The molecule has 1 fully saturated rings. The minimum absolute atomic E-state index is 0.402. The van der Waals surface area contributed by atoms with Crippen molar-refractivity contribution in [1.82, 2.24) is 9.62 Å². The highest BCUT2D eigenvalue weighted by molar-refractivity contribution is 7.91. The summed E-state index contributed by atoms with van der Waals surface area (Å²) in [4.78, 5) is 3.53. The predicted octanol–water partition coefficient (Wildman–Crippen LogP) is 3.71. The number of hydrogen-bond donors (Lipinski definition) is 1. The molecule has 2 aromatic rings. The van der Waals surface area contributed by atoms with Crippen molar-refractivity contribution >= 4 is 21.4 Å². The maximum Gasteiger partial charge on any atom is 0.250 e. The number of rotatable bonds is 7. The first-order chi connectivity index (χ1) is 12.4. The zero-order valence-electron chi connectivity index (χ0n) is 15.7. The van der Waals surface area contributed by atoms with Gasteiger partial charge in [0.25, 0.3) is 0 Å². The fourth-order valence-corrected chi connectivity index (χ4v) is 5.88. The van der Waals surface area contributed by atoms with E-state index in [1.54, 1.807) is 6.07 Å². The number of aryl methyl sites for hydroxylation is 3. The van der Waals surface area contributed by atoms with Crippen molar-refractivity contribution in [3.8, 4) is 0 Å². The van der Waals surface area contributed by atoms with Gasteiger partial charge in [0.05, 0.1) is 0 Å². The molecule has 0 aromatic carbocycles. The van der Waals surface area contributed by atoms with Crippen LogP contribution < -0.4 is 4.72 Å². The molecular weight excluding hydrogens is 368 g/mol. The van der Waals surface area contributed by atoms with Crippen LogP contribution in [-0.4, -0.2) is 33.0 Å². The average molecular weight is 397 g/mol. The minimum Gasteiger partial charge on any atom is -0.466 e. The third kappa shape index (κ3) is 4.76. The van der Waals surface area contributed by atoms with E-state index in [1.165, 1.54) is 16.9 Å². The fourth-order valence-electron chi connectivity index (χ4n) is 3.42. The number of hydrogen-bond acceptors (Lipinski definition) is 5. The van der Waals surface area contributed by atoms with Crippen LogP contribution in [0.15, 0.2) is 26.8 Å². The molecule has 1 aliphatic heterocycles. The fraction of sp³-hybridized carbons (Fsp3) is 0.579. The number of nitrogens with one attached hydrogen (secondary N) is 1. The predicted molar refractivity (Wildman–Crippen MR) is 105 cm³/mol. The number of nitrogens with zero attached hydrogens (tertiary/aromatic N) is 1. The largest absolute Gasteiger partial charge is 0.466 e. The molecule has 1 N–H and O–H groups in total. The van der Waals surface area contributed by atoms with Crippen LogP contribution in [0.2, 0.25) is 0 Å². The molecule has 5 nitrogen and oxygen atoms in total. The molecule has 0 spiro atoms. The zero-order valence-corrected chi connectivity index (χ0v) is 17.4. The molecule has 3 heterocycles. The molecule has 7 heteroatoms. The van der Waals surface area contributed by atoms with E-state index in [0.717, 1.165) is 55.3 Å². The van der Waals surface area contributed by atoms with Crippen molar-refractivity contribution in [1.29, 1.82) is 0 Å². The van der Waals surface area contributed by atoms with Crippen LogP contribution in [0.1, 0.15) is 41.7 Å². The van der Waals surface area contributed by atoms with E-state index < -0.39 is 10.0 Å². The Bertz CT molecular complexity index is 831. The van der Waals surface area contributed by atoms with Crippen molar-refractivity contribution in [2.75, 3.05) is 19.6 Å². The highest BCUT2D eigenvalue weighted by Gasteiger charge is 2.23. The van der Waals surface area contributed by atoms with Gasteiger partial charge in [-0.1, -0.05) is 6.92 Å². The number of piperidine rings is 1. The monoisotopic (exact) mass is 396 g/mol. The second-order valence-corrected chi connectivity index (χ2v) is 10.2. The second-order valence-electron chi connectivity index (χ2n) is 7.08. The summed E-state index contributed by atoms with van der Waals surface area (Å²) in [5.74, 6) is 2.36. The van der Waals surface area contributed by atoms with E-state index in [1.807, 2.05) is 26.8 Å². The van der Waals surface area contributed by atoms with Gasteiger partial charge < -0.3 is 4.42 Å². The molecule has 1 aliphatic rings. The third-order valence-electron chi connectivity index (χ3n) is 5.06. The summed E-state index contributed by atoms with van der Waals surface area (Å²) in [5, 5.41) is 0.